The van der Waals surface area contributed by atoms with E-state index in [4.69, 9.17) is 4.42 Å². The van der Waals surface area contributed by atoms with Gasteiger partial charge in [-0.25, -0.2) is 0 Å². The van der Waals surface area contributed by atoms with Crippen LogP contribution >= 0.6 is 0 Å². The Bertz CT molecular complexity index is 1040. The molecule has 1 aliphatic heterocycles. The van der Waals surface area contributed by atoms with Gasteiger partial charge in [-0.3, -0.25) is 9.59 Å². The molecule has 2 N–H and O–H groups in total. The Balaban J connectivity index is 1.86. The van der Waals surface area contributed by atoms with E-state index in [0.29, 0.717) is 16.9 Å². The zero-order valence-corrected chi connectivity index (χ0v) is 14.8. The molecule has 3 aromatic rings. The van der Waals surface area contributed by atoms with Crippen LogP contribution in [0.25, 0.3) is 5.76 Å². The van der Waals surface area contributed by atoms with E-state index in [2.05, 4.69) is 0 Å². The molecular formula is C22H17NO5. The molecule has 4 rings (SSSR count). The molecule has 6 heteroatoms. The number of rotatable bonds is 4. The lowest BCUT2D eigenvalue weighted by molar-refractivity contribution is -0.140. The third-order valence-electron chi connectivity index (χ3n) is 4.70. The number of phenolic OH excluding ortho intramolecular Hbond substituents is 1. The molecule has 1 saturated heterocycles. The van der Waals surface area contributed by atoms with E-state index in [1.54, 1.807) is 54.6 Å². The molecule has 28 heavy (non-hydrogen) atoms. The van der Waals surface area contributed by atoms with E-state index in [1.807, 2.05) is 0 Å². The summed E-state index contributed by atoms with van der Waals surface area (Å²) in [6.45, 7) is 0.0781. The smallest absolute Gasteiger partial charge is 0.296 e. The molecule has 0 bridgehead atoms. The maximum absolute atomic E-state index is 12.8. The van der Waals surface area contributed by atoms with E-state index >= 15 is 0 Å². The minimum atomic E-state index is -0.800. The first kappa shape index (κ1) is 17.6. The van der Waals surface area contributed by atoms with E-state index in [0.717, 1.165) is 0 Å². The molecule has 1 fully saturated rings. The average Bonchev–Trinajstić information content (AvgIpc) is 3.31. The van der Waals surface area contributed by atoms with Crippen LogP contribution in [0.4, 0.5) is 0 Å². The van der Waals surface area contributed by atoms with Crippen molar-refractivity contribution in [3.05, 3.63) is 95.5 Å². The van der Waals surface area contributed by atoms with Gasteiger partial charge in [0.2, 0.25) is 0 Å². The van der Waals surface area contributed by atoms with Crippen molar-refractivity contribution in [1.29, 1.82) is 0 Å². The first-order valence-electron chi connectivity index (χ1n) is 8.71. The van der Waals surface area contributed by atoms with E-state index in [1.165, 1.54) is 23.3 Å². The highest BCUT2D eigenvalue weighted by molar-refractivity contribution is 6.46. The Morgan fingerprint density at radius 2 is 1.68 bits per heavy atom. The summed E-state index contributed by atoms with van der Waals surface area (Å²) in [5.74, 6) is -1.13. The third kappa shape index (κ3) is 3.05. The lowest BCUT2D eigenvalue weighted by Crippen LogP contribution is -2.29. The van der Waals surface area contributed by atoms with Gasteiger partial charge in [-0.05, 0) is 29.8 Å². The molecule has 0 radical (unpaired) electrons. The fourth-order valence-corrected chi connectivity index (χ4v) is 3.37. The number of hydrogen-bond acceptors (Lipinski definition) is 5. The van der Waals surface area contributed by atoms with Gasteiger partial charge >= 0.3 is 0 Å². The lowest BCUT2D eigenvalue weighted by atomic mass is 9.95. The van der Waals surface area contributed by atoms with Gasteiger partial charge in [-0.1, -0.05) is 42.5 Å². The molecule has 0 saturated carbocycles. The predicted octanol–water partition coefficient (Wildman–Crippen LogP) is 3.61. The number of aromatic hydroxyl groups is 1. The van der Waals surface area contributed by atoms with Gasteiger partial charge in [-0.15, -0.1) is 0 Å². The SMILES string of the molecule is O=C1C(=O)N(Cc2ccco2)[C@H](c2ccc(O)cc2)C1=C(O)c1ccccc1. The van der Waals surface area contributed by atoms with Crippen LogP contribution in [0.5, 0.6) is 5.75 Å². The van der Waals surface area contributed by atoms with Crippen LogP contribution in [0, 0.1) is 0 Å². The lowest BCUT2D eigenvalue weighted by Gasteiger charge is -2.24. The van der Waals surface area contributed by atoms with E-state index in [-0.39, 0.29) is 23.6 Å². The van der Waals surface area contributed by atoms with Crippen LogP contribution in [-0.2, 0) is 16.1 Å². The van der Waals surface area contributed by atoms with Crippen LogP contribution in [0.2, 0.25) is 0 Å². The van der Waals surface area contributed by atoms with Crippen LogP contribution < -0.4 is 0 Å². The van der Waals surface area contributed by atoms with Gasteiger partial charge in [-0.2, -0.15) is 0 Å². The summed E-state index contributed by atoms with van der Waals surface area (Å²) in [5, 5.41) is 20.5. The standard InChI is InChI=1S/C22H17NO5/c24-16-10-8-14(9-11-16)19-18(20(25)15-5-2-1-3-6-15)21(26)22(27)23(19)13-17-7-4-12-28-17/h1-12,19,24-25H,13H2/t19-/m1/s1. The van der Waals surface area contributed by atoms with Gasteiger partial charge < -0.3 is 19.5 Å². The molecule has 2 aromatic carbocycles. The average molecular weight is 375 g/mol. The van der Waals surface area contributed by atoms with Gasteiger partial charge in [0, 0.05) is 5.56 Å². The zero-order chi connectivity index (χ0) is 19.7. The normalized spacial score (nSPS) is 18.6. The van der Waals surface area contributed by atoms with Crippen molar-refractivity contribution >= 4 is 17.4 Å². The number of Topliss-reactive ketones (excluding diaryl/α,β-unsaturated/α-hetero) is 1. The largest absolute Gasteiger partial charge is 0.508 e. The first-order valence-corrected chi connectivity index (χ1v) is 8.71. The van der Waals surface area contributed by atoms with Crippen molar-refractivity contribution in [3.8, 4) is 5.75 Å². The maximum Gasteiger partial charge on any atom is 0.296 e. The van der Waals surface area contributed by atoms with Crippen molar-refractivity contribution in [2.75, 3.05) is 0 Å². The molecule has 6 nitrogen and oxygen atoms in total. The van der Waals surface area contributed by atoms with Crippen molar-refractivity contribution in [3.63, 3.8) is 0 Å². The minimum absolute atomic E-state index is 0.00782. The number of aliphatic hydroxyl groups excluding tert-OH is 1. The van der Waals surface area contributed by atoms with Crippen LogP contribution in [0.1, 0.15) is 22.9 Å². The van der Waals surface area contributed by atoms with Gasteiger partial charge in [0.05, 0.1) is 24.4 Å². The number of benzene rings is 2. The second kappa shape index (κ2) is 7.08. The number of phenols is 1. The Morgan fingerprint density at radius 1 is 0.964 bits per heavy atom. The molecule has 0 spiro atoms. The molecule has 0 aliphatic carbocycles. The number of carbonyl (C=O) groups is 2. The summed E-state index contributed by atoms with van der Waals surface area (Å²) < 4.78 is 5.34. The molecule has 140 valence electrons. The summed E-state index contributed by atoms with van der Waals surface area (Å²) in [6.07, 6.45) is 1.49. The summed E-state index contributed by atoms with van der Waals surface area (Å²) in [5.41, 5.74) is 1.05. The number of hydrogen-bond donors (Lipinski definition) is 2. The van der Waals surface area contributed by atoms with Gasteiger partial charge in [0.15, 0.2) is 0 Å². The number of nitrogens with zero attached hydrogens (tertiary/aromatic N) is 1. The predicted molar refractivity (Wildman–Crippen MR) is 101 cm³/mol. The number of likely N-dealkylation sites (tertiary alicyclic amines) is 1. The highest BCUT2D eigenvalue weighted by atomic mass is 16.3. The maximum atomic E-state index is 12.8. The number of aliphatic hydroxyl groups is 1. The number of carbonyl (C=O) groups excluding carboxylic acids is 2. The van der Waals surface area contributed by atoms with Gasteiger partial charge in [0.25, 0.3) is 11.7 Å². The summed E-state index contributed by atoms with van der Waals surface area (Å²) in [6, 6.07) is 17.4. The Labute approximate surface area is 161 Å². The Kier molecular flexibility index (Phi) is 4.45. The monoisotopic (exact) mass is 375 g/mol. The highest BCUT2D eigenvalue weighted by Crippen LogP contribution is 2.40. The first-order chi connectivity index (χ1) is 13.6. The molecule has 2 heterocycles. The second-order valence-corrected chi connectivity index (χ2v) is 6.46. The van der Waals surface area contributed by atoms with Crippen molar-refractivity contribution in [2.24, 2.45) is 0 Å². The fourth-order valence-electron chi connectivity index (χ4n) is 3.37. The topological polar surface area (TPSA) is 91.0 Å². The van der Waals surface area contributed by atoms with E-state index in [9.17, 15) is 19.8 Å². The molecule has 1 atom stereocenters. The van der Waals surface area contributed by atoms with Crippen LogP contribution in [-0.4, -0.2) is 26.8 Å². The summed E-state index contributed by atoms with van der Waals surface area (Å²) in [4.78, 5) is 27.0. The van der Waals surface area contributed by atoms with Crippen LogP contribution in [0.15, 0.2) is 83.0 Å². The van der Waals surface area contributed by atoms with Gasteiger partial charge in [0.1, 0.15) is 17.3 Å². The molecule has 0 unspecified atom stereocenters. The minimum Gasteiger partial charge on any atom is -0.508 e. The summed E-state index contributed by atoms with van der Waals surface area (Å²) in [7, 11) is 0. The van der Waals surface area contributed by atoms with Crippen molar-refractivity contribution in [1.82, 2.24) is 4.90 Å². The van der Waals surface area contributed by atoms with Crippen LogP contribution in [0.3, 0.4) is 0 Å². The van der Waals surface area contributed by atoms with Crippen molar-refractivity contribution < 1.29 is 24.2 Å². The fraction of sp³-hybridized carbons (Fsp3) is 0.0909. The number of ketones is 1. The van der Waals surface area contributed by atoms with E-state index < -0.39 is 17.7 Å². The summed E-state index contributed by atoms with van der Waals surface area (Å²) >= 11 is 0. The number of amides is 1. The third-order valence-corrected chi connectivity index (χ3v) is 4.70. The zero-order valence-electron chi connectivity index (χ0n) is 14.8. The number of furan rings is 1. The molecule has 1 aromatic heterocycles. The molecule has 1 amide bonds. The second-order valence-electron chi connectivity index (χ2n) is 6.46. The Hall–Kier alpha value is -3.80. The Morgan fingerprint density at radius 3 is 2.32 bits per heavy atom. The van der Waals surface area contributed by atoms with Crippen molar-refractivity contribution in [2.45, 2.75) is 12.6 Å². The molecule has 1 aliphatic rings. The highest BCUT2D eigenvalue weighted by Gasteiger charge is 2.46. The quantitative estimate of drug-likeness (QED) is 0.413. The molecular weight excluding hydrogens is 358 g/mol.